The van der Waals surface area contributed by atoms with Crippen molar-refractivity contribution in [3.05, 3.63) is 0 Å². The van der Waals surface area contributed by atoms with Gasteiger partial charge in [-0.25, -0.2) is 4.79 Å². The standard InChI is InChI=1S/C10H24N2O4Si.C9H23NO3Si/c1-4-14-17(15-5-2,16-6-3)9-7-8-12-10(11)13;1-4-11-14(12-5-2,13-6-3)9-7-8-10/h4-9H2,1-3H3,(H3,11,12,13);4-10H2,1-3H3. The molecule has 0 atom stereocenters. The maximum Gasteiger partial charge on any atom is 0.500 e. The molecule has 12 heteroatoms. The van der Waals surface area contributed by atoms with Crippen molar-refractivity contribution in [1.82, 2.24) is 5.32 Å². The lowest BCUT2D eigenvalue weighted by Gasteiger charge is -2.28. The average Bonchev–Trinajstić information content (AvgIpc) is 2.71. The summed E-state index contributed by atoms with van der Waals surface area (Å²) in [5.41, 5.74) is 10.5. The molecule has 2 amide bonds. The van der Waals surface area contributed by atoms with Gasteiger partial charge in [0.05, 0.1) is 0 Å². The molecule has 0 heterocycles. The van der Waals surface area contributed by atoms with Crippen LogP contribution in [0, 0.1) is 0 Å². The van der Waals surface area contributed by atoms with E-state index in [4.69, 9.17) is 38.0 Å². The lowest BCUT2D eigenvalue weighted by molar-refractivity contribution is 0.0701. The van der Waals surface area contributed by atoms with E-state index in [1.807, 2.05) is 41.5 Å². The van der Waals surface area contributed by atoms with Crippen molar-refractivity contribution in [2.75, 3.05) is 52.7 Å². The van der Waals surface area contributed by atoms with Crippen LogP contribution in [-0.2, 0) is 26.6 Å². The number of nitrogens with two attached hydrogens (primary N) is 2. The molecule has 0 bridgehead atoms. The monoisotopic (exact) mass is 485 g/mol. The Morgan fingerprint density at radius 2 is 1.00 bits per heavy atom. The zero-order chi connectivity index (χ0) is 24.0. The van der Waals surface area contributed by atoms with Crippen LogP contribution in [0.15, 0.2) is 0 Å². The lowest BCUT2D eigenvalue weighted by atomic mass is 10.5. The van der Waals surface area contributed by atoms with Gasteiger partial charge in [-0.05, 0) is 60.9 Å². The molecule has 0 unspecified atom stereocenters. The van der Waals surface area contributed by atoms with E-state index in [1.54, 1.807) is 0 Å². The smallest absolute Gasteiger partial charge is 0.374 e. The number of amides is 2. The number of urea groups is 1. The Labute approximate surface area is 191 Å². The highest BCUT2D eigenvalue weighted by atomic mass is 28.4. The fourth-order valence-electron chi connectivity index (χ4n) is 2.84. The van der Waals surface area contributed by atoms with Crippen molar-refractivity contribution in [2.45, 2.75) is 66.5 Å². The molecule has 0 spiro atoms. The minimum absolute atomic E-state index is 0.511. The lowest BCUT2D eigenvalue weighted by Crippen LogP contribution is -2.46. The number of hydrogen-bond donors (Lipinski definition) is 3. The van der Waals surface area contributed by atoms with Gasteiger partial charge < -0.3 is 43.3 Å². The first kappa shape index (κ1) is 32.6. The SMILES string of the molecule is CCO[Si](CCCN)(OCC)OCC.CCO[Si](CCCNC(N)=O)(OCC)OCC. The van der Waals surface area contributed by atoms with E-state index in [2.05, 4.69) is 5.32 Å². The van der Waals surface area contributed by atoms with Crippen molar-refractivity contribution >= 4 is 23.6 Å². The second kappa shape index (κ2) is 21.3. The van der Waals surface area contributed by atoms with E-state index in [1.165, 1.54) is 0 Å². The summed E-state index contributed by atoms with van der Waals surface area (Å²) in [7, 11) is -4.96. The molecule has 0 saturated heterocycles. The molecule has 10 nitrogen and oxygen atoms in total. The molecule has 0 aromatic heterocycles. The van der Waals surface area contributed by atoms with Crippen LogP contribution in [0.1, 0.15) is 54.4 Å². The molecule has 188 valence electrons. The third-order valence-corrected chi connectivity index (χ3v) is 10.1. The van der Waals surface area contributed by atoms with E-state index in [9.17, 15) is 4.79 Å². The van der Waals surface area contributed by atoms with Gasteiger partial charge in [-0.2, -0.15) is 0 Å². The first-order valence-electron chi connectivity index (χ1n) is 11.4. The van der Waals surface area contributed by atoms with Crippen LogP contribution in [-0.4, -0.2) is 76.4 Å². The van der Waals surface area contributed by atoms with Crippen molar-refractivity contribution in [1.29, 1.82) is 0 Å². The minimum Gasteiger partial charge on any atom is -0.374 e. The Morgan fingerprint density at radius 3 is 1.26 bits per heavy atom. The summed E-state index contributed by atoms with van der Waals surface area (Å²) in [4.78, 5) is 10.5. The summed E-state index contributed by atoms with van der Waals surface area (Å²) in [6.45, 7) is 16.4. The normalized spacial score (nSPS) is 11.7. The van der Waals surface area contributed by atoms with Gasteiger partial charge in [0.1, 0.15) is 0 Å². The molecule has 0 fully saturated rings. The molecule has 0 rings (SSSR count). The third kappa shape index (κ3) is 16.7. The highest BCUT2D eigenvalue weighted by Gasteiger charge is 2.40. The van der Waals surface area contributed by atoms with Crippen LogP contribution in [0.25, 0.3) is 0 Å². The molecule has 0 aliphatic heterocycles. The van der Waals surface area contributed by atoms with Gasteiger partial charge in [0.15, 0.2) is 0 Å². The Hall–Kier alpha value is -0.576. The Morgan fingerprint density at radius 1 is 0.677 bits per heavy atom. The second-order valence-electron chi connectivity index (χ2n) is 6.25. The molecule has 0 aliphatic rings. The predicted molar refractivity (Wildman–Crippen MR) is 127 cm³/mol. The topological polar surface area (TPSA) is 137 Å². The number of rotatable bonds is 19. The Balaban J connectivity index is 0. The van der Waals surface area contributed by atoms with Gasteiger partial charge in [0.25, 0.3) is 0 Å². The first-order chi connectivity index (χ1) is 14.8. The summed E-state index contributed by atoms with van der Waals surface area (Å²) in [6, 6.07) is 0.989. The molecule has 0 aromatic carbocycles. The van der Waals surface area contributed by atoms with Crippen LogP contribution in [0.4, 0.5) is 4.79 Å². The van der Waals surface area contributed by atoms with Crippen LogP contribution in [0.3, 0.4) is 0 Å². The molecular weight excluding hydrogens is 438 g/mol. The maximum atomic E-state index is 10.5. The van der Waals surface area contributed by atoms with Crippen LogP contribution in [0.2, 0.25) is 12.1 Å². The fourth-order valence-corrected chi connectivity index (χ4v) is 8.09. The second-order valence-corrected chi connectivity index (χ2v) is 11.7. The van der Waals surface area contributed by atoms with E-state index in [-0.39, 0.29) is 0 Å². The highest BCUT2D eigenvalue weighted by molar-refractivity contribution is 6.61. The number of carbonyl (C=O) groups excluding carboxylic acids is 1. The van der Waals surface area contributed by atoms with Gasteiger partial charge in [0.2, 0.25) is 0 Å². The molecular formula is C19H47N3O7Si2. The van der Waals surface area contributed by atoms with Gasteiger partial charge >= 0.3 is 23.6 Å². The van der Waals surface area contributed by atoms with Gasteiger partial charge in [0, 0.05) is 58.3 Å². The minimum atomic E-state index is -2.56. The molecule has 5 N–H and O–H groups in total. The summed E-state index contributed by atoms with van der Waals surface area (Å²) in [6.07, 6.45) is 1.63. The van der Waals surface area contributed by atoms with Gasteiger partial charge in [-0.3, -0.25) is 0 Å². The molecule has 0 saturated carbocycles. The van der Waals surface area contributed by atoms with Crippen molar-refractivity contribution in [3.63, 3.8) is 0 Å². The van der Waals surface area contributed by atoms with Gasteiger partial charge in [-0.15, -0.1) is 0 Å². The molecule has 0 aliphatic carbocycles. The van der Waals surface area contributed by atoms with E-state index in [0.717, 1.165) is 18.9 Å². The molecule has 31 heavy (non-hydrogen) atoms. The van der Waals surface area contributed by atoms with E-state index in [0.29, 0.717) is 58.8 Å². The van der Waals surface area contributed by atoms with Crippen molar-refractivity contribution < 1.29 is 31.4 Å². The largest absolute Gasteiger partial charge is 0.500 e. The molecule has 0 radical (unpaired) electrons. The average molecular weight is 486 g/mol. The van der Waals surface area contributed by atoms with Gasteiger partial charge in [-0.1, -0.05) is 0 Å². The predicted octanol–water partition coefficient (Wildman–Crippen LogP) is 2.48. The number of nitrogens with one attached hydrogen (secondary N) is 1. The zero-order valence-electron chi connectivity index (χ0n) is 20.5. The van der Waals surface area contributed by atoms with Crippen molar-refractivity contribution in [2.24, 2.45) is 11.5 Å². The summed E-state index contributed by atoms with van der Waals surface area (Å²) < 4.78 is 34.0. The van der Waals surface area contributed by atoms with E-state index >= 15 is 0 Å². The number of primary amides is 1. The zero-order valence-corrected chi connectivity index (χ0v) is 22.5. The number of hydrogen-bond acceptors (Lipinski definition) is 8. The summed E-state index contributed by atoms with van der Waals surface area (Å²) in [5, 5.41) is 2.54. The highest BCUT2D eigenvalue weighted by Crippen LogP contribution is 2.18. The quantitative estimate of drug-likeness (QED) is 0.187. The van der Waals surface area contributed by atoms with Crippen molar-refractivity contribution in [3.8, 4) is 0 Å². The maximum absolute atomic E-state index is 10.5. The summed E-state index contributed by atoms with van der Waals surface area (Å²) in [5.74, 6) is 0. The van der Waals surface area contributed by atoms with Crippen LogP contribution >= 0.6 is 0 Å². The molecule has 0 aromatic rings. The first-order valence-corrected chi connectivity index (χ1v) is 15.3. The number of carbonyl (C=O) groups is 1. The van der Waals surface area contributed by atoms with Crippen LogP contribution in [0.5, 0.6) is 0 Å². The Kier molecular flexibility index (Phi) is 22.4. The van der Waals surface area contributed by atoms with Crippen LogP contribution < -0.4 is 16.8 Å². The van der Waals surface area contributed by atoms with E-state index < -0.39 is 23.6 Å². The Bertz CT molecular complexity index is 390. The summed E-state index contributed by atoms with van der Waals surface area (Å²) >= 11 is 0. The third-order valence-electron chi connectivity index (χ3n) is 3.83. The fraction of sp³-hybridized carbons (Fsp3) is 0.947.